The smallest absolute Gasteiger partial charge is 0.266 e. The number of halogens is 1. The van der Waals surface area contributed by atoms with Gasteiger partial charge in [0.1, 0.15) is 23.5 Å². The van der Waals surface area contributed by atoms with Gasteiger partial charge in [-0.3, -0.25) is 4.79 Å². The van der Waals surface area contributed by atoms with Crippen molar-refractivity contribution in [3.05, 3.63) is 64.7 Å². The zero-order valence-corrected chi connectivity index (χ0v) is 13.2. The molecule has 118 valence electrons. The van der Waals surface area contributed by atoms with Gasteiger partial charge in [-0.2, -0.15) is 10.5 Å². The minimum Gasteiger partial charge on any atom is -0.478 e. The second kappa shape index (κ2) is 8.38. The molecule has 2 rings (SSSR count). The maximum absolute atomic E-state index is 12.2. The van der Waals surface area contributed by atoms with E-state index in [9.17, 15) is 10.1 Å². The van der Waals surface area contributed by atoms with Crippen LogP contribution in [0.4, 0.5) is 5.69 Å². The Hall–Kier alpha value is -3.28. The van der Waals surface area contributed by atoms with Crippen LogP contribution in [0.1, 0.15) is 5.56 Å². The number of hydrogen-bond donors (Lipinski definition) is 1. The number of nitriles is 2. The second-order valence-electron chi connectivity index (χ2n) is 4.62. The first-order valence-corrected chi connectivity index (χ1v) is 7.29. The predicted molar refractivity (Wildman–Crippen MR) is 91.2 cm³/mol. The third-order valence-electron chi connectivity index (χ3n) is 2.98. The van der Waals surface area contributed by atoms with E-state index in [1.54, 1.807) is 48.5 Å². The summed E-state index contributed by atoms with van der Waals surface area (Å²) < 4.78 is 5.28. The fourth-order valence-corrected chi connectivity index (χ4v) is 2.00. The van der Waals surface area contributed by atoms with Gasteiger partial charge in [0.05, 0.1) is 0 Å². The maximum Gasteiger partial charge on any atom is 0.266 e. The van der Waals surface area contributed by atoms with Crippen molar-refractivity contribution < 1.29 is 9.53 Å². The summed E-state index contributed by atoms with van der Waals surface area (Å²) in [6, 6.07) is 17.1. The number of ether oxygens (including phenoxy) is 1. The van der Waals surface area contributed by atoms with Crippen LogP contribution in [0.15, 0.2) is 54.1 Å². The van der Waals surface area contributed by atoms with Crippen molar-refractivity contribution >= 4 is 29.3 Å². The van der Waals surface area contributed by atoms with Gasteiger partial charge in [-0.05, 0) is 36.4 Å². The van der Waals surface area contributed by atoms with Crippen LogP contribution >= 0.6 is 11.6 Å². The molecule has 0 spiro atoms. The van der Waals surface area contributed by atoms with Crippen molar-refractivity contribution in [2.45, 2.75) is 0 Å². The molecule has 24 heavy (non-hydrogen) atoms. The lowest BCUT2D eigenvalue weighted by molar-refractivity contribution is -0.112. The summed E-state index contributed by atoms with van der Waals surface area (Å²) in [7, 11) is 0. The first kappa shape index (κ1) is 17.1. The topological polar surface area (TPSA) is 85.9 Å². The highest BCUT2D eigenvalue weighted by Crippen LogP contribution is 2.21. The zero-order chi connectivity index (χ0) is 17.4. The lowest BCUT2D eigenvalue weighted by atomic mass is 10.1. The van der Waals surface area contributed by atoms with Gasteiger partial charge in [-0.1, -0.05) is 29.8 Å². The molecule has 0 fully saturated rings. The van der Waals surface area contributed by atoms with Crippen LogP contribution in [0.5, 0.6) is 5.75 Å². The van der Waals surface area contributed by atoms with Crippen molar-refractivity contribution in [3.63, 3.8) is 0 Å². The molecule has 0 unspecified atom stereocenters. The van der Waals surface area contributed by atoms with Gasteiger partial charge in [0.2, 0.25) is 0 Å². The lowest BCUT2D eigenvalue weighted by Gasteiger charge is -2.07. The van der Waals surface area contributed by atoms with E-state index in [2.05, 4.69) is 5.32 Å². The maximum atomic E-state index is 12.2. The summed E-state index contributed by atoms with van der Waals surface area (Å²) >= 11 is 5.79. The number of carbonyl (C=O) groups excluding carboxylic acids is 1. The van der Waals surface area contributed by atoms with E-state index in [0.717, 1.165) is 0 Å². The Kier molecular flexibility index (Phi) is 5.96. The quantitative estimate of drug-likeness (QED) is 0.664. The van der Waals surface area contributed by atoms with Crippen molar-refractivity contribution in [2.24, 2.45) is 0 Å². The predicted octanol–water partition coefficient (Wildman–Crippen LogP) is 3.79. The first-order valence-electron chi connectivity index (χ1n) is 6.91. The van der Waals surface area contributed by atoms with Crippen LogP contribution in [0.25, 0.3) is 6.08 Å². The SMILES string of the molecule is N#CCOc1ccccc1/C=C(\C#N)C(=O)Nc1ccc(Cl)cc1. The zero-order valence-electron chi connectivity index (χ0n) is 12.5. The summed E-state index contributed by atoms with van der Waals surface area (Å²) in [4.78, 5) is 12.2. The summed E-state index contributed by atoms with van der Waals surface area (Å²) in [5.41, 5.74) is 0.980. The van der Waals surface area contributed by atoms with Gasteiger partial charge in [0, 0.05) is 16.3 Å². The molecule has 0 aromatic heterocycles. The molecule has 0 aliphatic carbocycles. The van der Waals surface area contributed by atoms with Crippen molar-refractivity contribution in [2.75, 3.05) is 11.9 Å². The third kappa shape index (κ3) is 4.61. The molecule has 0 heterocycles. The second-order valence-corrected chi connectivity index (χ2v) is 5.05. The minimum absolute atomic E-state index is 0.0852. The van der Waals surface area contributed by atoms with Gasteiger partial charge < -0.3 is 10.1 Å². The van der Waals surface area contributed by atoms with E-state index in [1.165, 1.54) is 6.08 Å². The van der Waals surface area contributed by atoms with Gasteiger partial charge in [-0.15, -0.1) is 0 Å². The Labute approximate surface area is 144 Å². The first-order chi connectivity index (χ1) is 11.6. The summed E-state index contributed by atoms with van der Waals surface area (Å²) in [6.45, 7) is -0.121. The van der Waals surface area contributed by atoms with Crippen molar-refractivity contribution in [3.8, 4) is 17.9 Å². The number of anilines is 1. The van der Waals surface area contributed by atoms with Crippen molar-refractivity contribution in [1.82, 2.24) is 0 Å². The third-order valence-corrected chi connectivity index (χ3v) is 3.23. The number of hydrogen-bond acceptors (Lipinski definition) is 4. The number of benzene rings is 2. The summed E-state index contributed by atoms with van der Waals surface area (Å²) in [6.07, 6.45) is 1.41. The van der Waals surface area contributed by atoms with Gasteiger partial charge >= 0.3 is 0 Å². The van der Waals surface area contributed by atoms with Crippen molar-refractivity contribution in [1.29, 1.82) is 10.5 Å². The minimum atomic E-state index is -0.546. The van der Waals surface area contributed by atoms with E-state index in [-0.39, 0.29) is 12.2 Å². The Balaban J connectivity index is 2.23. The van der Waals surface area contributed by atoms with Crippen LogP contribution in [0.3, 0.4) is 0 Å². The highest BCUT2D eigenvalue weighted by atomic mass is 35.5. The van der Waals surface area contributed by atoms with Crippen LogP contribution < -0.4 is 10.1 Å². The number of nitrogens with one attached hydrogen (secondary N) is 1. The number of rotatable bonds is 5. The molecule has 0 saturated heterocycles. The van der Waals surface area contributed by atoms with Crippen LogP contribution in [0.2, 0.25) is 5.02 Å². The Morgan fingerprint density at radius 3 is 2.54 bits per heavy atom. The molecular weight excluding hydrogens is 326 g/mol. The van der Waals surface area contributed by atoms with Crippen LogP contribution in [-0.4, -0.2) is 12.5 Å². The van der Waals surface area contributed by atoms with Crippen LogP contribution in [0, 0.1) is 22.7 Å². The largest absolute Gasteiger partial charge is 0.478 e. The number of para-hydroxylation sites is 1. The molecule has 1 N–H and O–H groups in total. The molecule has 0 aliphatic heterocycles. The monoisotopic (exact) mass is 337 g/mol. The fraction of sp³-hybridized carbons (Fsp3) is 0.0556. The lowest BCUT2D eigenvalue weighted by Crippen LogP contribution is -2.13. The molecule has 6 heteroatoms. The van der Waals surface area contributed by atoms with Gasteiger partial charge in [-0.25, -0.2) is 0 Å². The Morgan fingerprint density at radius 1 is 1.17 bits per heavy atom. The standard InChI is InChI=1S/C18H12ClN3O2/c19-15-5-7-16(8-6-15)22-18(23)14(12-21)11-13-3-1-2-4-17(13)24-10-9-20/h1-8,11H,10H2,(H,22,23)/b14-11+. The van der Waals surface area contributed by atoms with E-state index >= 15 is 0 Å². The van der Waals surface area contributed by atoms with Crippen LogP contribution in [-0.2, 0) is 4.79 Å². The Bertz CT molecular complexity index is 846. The fourth-order valence-electron chi connectivity index (χ4n) is 1.88. The Morgan fingerprint density at radius 2 is 1.88 bits per heavy atom. The molecular formula is C18H12ClN3O2. The molecule has 0 aliphatic rings. The molecule has 0 radical (unpaired) electrons. The normalized spacial score (nSPS) is 10.4. The van der Waals surface area contributed by atoms with Gasteiger partial charge in [0.15, 0.2) is 6.61 Å². The van der Waals surface area contributed by atoms with E-state index < -0.39 is 5.91 Å². The average Bonchev–Trinajstić information content (AvgIpc) is 2.60. The summed E-state index contributed by atoms with van der Waals surface area (Å²) in [5, 5.41) is 21.0. The number of amides is 1. The molecule has 5 nitrogen and oxygen atoms in total. The highest BCUT2D eigenvalue weighted by Gasteiger charge is 2.11. The molecule has 0 bridgehead atoms. The summed E-state index contributed by atoms with van der Waals surface area (Å²) in [5.74, 6) is -0.124. The number of carbonyl (C=O) groups is 1. The van der Waals surface area contributed by atoms with E-state index in [0.29, 0.717) is 22.0 Å². The van der Waals surface area contributed by atoms with E-state index in [1.807, 2.05) is 12.1 Å². The molecule has 2 aromatic carbocycles. The van der Waals surface area contributed by atoms with E-state index in [4.69, 9.17) is 21.6 Å². The average molecular weight is 338 g/mol. The number of nitrogens with zero attached hydrogens (tertiary/aromatic N) is 2. The highest BCUT2D eigenvalue weighted by molar-refractivity contribution is 6.30. The molecule has 0 saturated carbocycles. The molecule has 1 amide bonds. The molecule has 0 atom stereocenters. The molecule has 2 aromatic rings. The van der Waals surface area contributed by atoms with Gasteiger partial charge in [0.25, 0.3) is 5.91 Å².